The maximum atomic E-state index is 11.0. The zero-order chi connectivity index (χ0) is 7.19. The molecule has 0 bridgehead atoms. The van der Waals surface area contributed by atoms with E-state index in [-0.39, 0.29) is 0 Å². The third-order valence-electron chi connectivity index (χ3n) is 2.24. The van der Waals surface area contributed by atoms with Gasteiger partial charge in [0.05, 0.1) is 13.5 Å². The Kier molecular flexibility index (Phi) is 0.926. The molecule has 52 valence electrons. The summed E-state index contributed by atoms with van der Waals surface area (Å²) >= 11 is 0. The van der Waals surface area contributed by atoms with E-state index in [1.165, 1.54) is 5.70 Å². The first-order valence-corrected chi connectivity index (χ1v) is 3.47. The lowest BCUT2D eigenvalue weighted by atomic mass is 10.3. The number of likely N-dealkylation sites (N-methyl/N-ethyl adjacent to an activating group) is 1. The van der Waals surface area contributed by atoms with Gasteiger partial charge in [-0.25, -0.2) is 0 Å². The molecule has 0 radical (unpaired) electrons. The maximum absolute atomic E-state index is 11.0. The van der Waals surface area contributed by atoms with Crippen molar-refractivity contribution in [2.45, 2.75) is 6.42 Å². The summed E-state index contributed by atoms with van der Waals surface area (Å²) in [6, 6.07) is 0. The van der Waals surface area contributed by atoms with E-state index < -0.39 is 0 Å². The van der Waals surface area contributed by atoms with Gasteiger partial charge in [-0.3, -0.25) is 9.28 Å². The van der Waals surface area contributed by atoms with Crippen molar-refractivity contribution in [2.24, 2.45) is 0 Å². The highest BCUT2D eigenvalue weighted by atomic mass is 16.1. The van der Waals surface area contributed by atoms with E-state index in [0.29, 0.717) is 18.7 Å². The molecule has 0 saturated carbocycles. The second kappa shape index (κ2) is 1.58. The Balaban J connectivity index is 2.41. The molecule has 0 aromatic heterocycles. The lowest BCUT2D eigenvalue weighted by Crippen LogP contribution is -2.32. The van der Waals surface area contributed by atoms with Crippen molar-refractivity contribution in [3.8, 4) is 0 Å². The summed E-state index contributed by atoms with van der Waals surface area (Å²) in [6.45, 7) is 0.655. The van der Waals surface area contributed by atoms with Crippen LogP contribution in [0.2, 0.25) is 0 Å². The number of nitrogens with zero attached hydrogens (tertiary/aromatic N) is 1. The van der Waals surface area contributed by atoms with E-state index in [2.05, 4.69) is 13.2 Å². The minimum absolute atomic E-state index is 0.359. The second-order valence-corrected chi connectivity index (χ2v) is 3.14. The van der Waals surface area contributed by atoms with Crippen LogP contribution in [0.1, 0.15) is 6.42 Å². The monoisotopic (exact) mass is 136 g/mol. The van der Waals surface area contributed by atoms with Crippen molar-refractivity contribution in [3.05, 3.63) is 24.0 Å². The molecule has 1 saturated heterocycles. The highest BCUT2D eigenvalue weighted by Gasteiger charge is 2.38. The molecule has 2 heterocycles. The number of fused-ring (bicyclic) bond motifs is 1. The van der Waals surface area contributed by atoms with Gasteiger partial charge in [0.2, 0.25) is 0 Å². The van der Waals surface area contributed by atoms with Crippen LogP contribution in [0.25, 0.3) is 0 Å². The molecule has 1 atom stereocenters. The zero-order valence-electron chi connectivity index (χ0n) is 6.00. The summed E-state index contributed by atoms with van der Waals surface area (Å²) in [7, 11) is 2.07. The molecule has 0 aromatic rings. The van der Waals surface area contributed by atoms with Crippen molar-refractivity contribution in [2.75, 3.05) is 13.6 Å². The number of hydrogen-bond donors (Lipinski definition) is 0. The van der Waals surface area contributed by atoms with Gasteiger partial charge < -0.3 is 0 Å². The Morgan fingerprint density at radius 2 is 2.40 bits per heavy atom. The standard InChI is InChI=1S/C8H10NO/c1-9-4-2-3-7(9)5-8(10)6-9/h2-4H,5-6H2,1H3/q+1. The van der Waals surface area contributed by atoms with Gasteiger partial charge >= 0.3 is 0 Å². The van der Waals surface area contributed by atoms with Gasteiger partial charge in [-0.2, -0.15) is 0 Å². The van der Waals surface area contributed by atoms with E-state index in [1.807, 2.05) is 12.2 Å². The Labute approximate surface area is 60.0 Å². The molecular weight excluding hydrogens is 126 g/mol. The molecule has 0 N–H and O–H groups in total. The van der Waals surface area contributed by atoms with Gasteiger partial charge in [0.15, 0.2) is 5.78 Å². The summed E-state index contributed by atoms with van der Waals surface area (Å²) in [5, 5.41) is 0. The first-order valence-electron chi connectivity index (χ1n) is 3.47. The quantitative estimate of drug-likeness (QED) is 0.450. The second-order valence-electron chi connectivity index (χ2n) is 3.14. The highest BCUT2D eigenvalue weighted by Crippen LogP contribution is 2.30. The fourth-order valence-electron chi connectivity index (χ4n) is 1.63. The molecule has 0 amide bonds. The number of carbonyl (C=O) groups excluding carboxylic acids is 1. The molecule has 2 rings (SSSR count). The molecule has 2 aliphatic rings. The Bertz CT molecular complexity index is 252. The molecule has 10 heavy (non-hydrogen) atoms. The van der Waals surface area contributed by atoms with Crippen molar-refractivity contribution in [3.63, 3.8) is 0 Å². The van der Waals surface area contributed by atoms with Gasteiger partial charge in [-0.15, -0.1) is 0 Å². The van der Waals surface area contributed by atoms with Crippen LogP contribution in [0.15, 0.2) is 24.0 Å². The molecule has 2 nitrogen and oxygen atoms in total. The zero-order valence-corrected chi connectivity index (χ0v) is 6.00. The number of allylic oxidation sites excluding steroid dienone is 3. The Morgan fingerprint density at radius 1 is 1.60 bits per heavy atom. The van der Waals surface area contributed by atoms with Crippen molar-refractivity contribution in [1.29, 1.82) is 0 Å². The third-order valence-corrected chi connectivity index (χ3v) is 2.24. The van der Waals surface area contributed by atoms with E-state index in [1.54, 1.807) is 0 Å². The Morgan fingerprint density at radius 3 is 3.10 bits per heavy atom. The Hall–Kier alpha value is -0.890. The third kappa shape index (κ3) is 0.596. The van der Waals surface area contributed by atoms with Gasteiger partial charge in [0, 0.05) is 6.08 Å². The van der Waals surface area contributed by atoms with E-state index in [9.17, 15) is 4.79 Å². The van der Waals surface area contributed by atoms with Crippen LogP contribution < -0.4 is 0 Å². The number of ketones is 1. The molecule has 1 fully saturated rings. The molecule has 0 spiro atoms. The molecule has 1 unspecified atom stereocenters. The molecule has 2 aliphatic heterocycles. The summed E-state index contributed by atoms with van der Waals surface area (Å²) in [5.74, 6) is 0.359. The van der Waals surface area contributed by atoms with Crippen molar-refractivity contribution >= 4 is 5.78 Å². The summed E-state index contributed by atoms with van der Waals surface area (Å²) < 4.78 is 0.735. The van der Waals surface area contributed by atoms with Crippen LogP contribution in [0, 0.1) is 0 Å². The van der Waals surface area contributed by atoms with Crippen molar-refractivity contribution < 1.29 is 9.28 Å². The van der Waals surface area contributed by atoms with Gasteiger partial charge in [0.25, 0.3) is 0 Å². The van der Waals surface area contributed by atoms with Crippen LogP contribution in [-0.4, -0.2) is 23.9 Å². The van der Waals surface area contributed by atoms with Crippen LogP contribution in [0.3, 0.4) is 0 Å². The number of hydrogen-bond acceptors (Lipinski definition) is 1. The number of quaternary nitrogens is 1. The van der Waals surface area contributed by atoms with Crippen molar-refractivity contribution in [1.82, 2.24) is 0 Å². The lowest BCUT2D eigenvalue weighted by Gasteiger charge is -2.20. The van der Waals surface area contributed by atoms with E-state index in [0.717, 1.165) is 4.48 Å². The number of rotatable bonds is 0. The summed E-state index contributed by atoms with van der Waals surface area (Å²) in [6.07, 6.45) is 6.80. The predicted octanol–water partition coefficient (Wildman–Crippen LogP) is 0.817. The van der Waals surface area contributed by atoms with E-state index in [4.69, 9.17) is 0 Å². The van der Waals surface area contributed by atoms with E-state index >= 15 is 0 Å². The van der Waals surface area contributed by atoms with Crippen LogP contribution in [-0.2, 0) is 4.79 Å². The van der Waals surface area contributed by atoms with Gasteiger partial charge in [-0.1, -0.05) is 0 Å². The normalized spacial score (nSPS) is 36.5. The largest absolute Gasteiger partial charge is 0.293 e. The predicted molar refractivity (Wildman–Crippen MR) is 37.9 cm³/mol. The molecule has 0 aromatic carbocycles. The van der Waals surface area contributed by atoms with Crippen LogP contribution in [0.5, 0.6) is 0 Å². The first-order chi connectivity index (χ1) is 4.71. The van der Waals surface area contributed by atoms with Gasteiger partial charge in [0.1, 0.15) is 18.4 Å². The summed E-state index contributed by atoms with van der Waals surface area (Å²) in [5.41, 5.74) is 1.24. The number of carbonyl (C=O) groups is 1. The fourth-order valence-corrected chi connectivity index (χ4v) is 1.63. The molecule has 2 heteroatoms. The van der Waals surface area contributed by atoms with Crippen LogP contribution in [0.4, 0.5) is 0 Å². The number of Topliss-reactive ketones (excluding diaryl/α,β-unsaturated/α-hetero) is 1. The fraction of sp³-hybridized carbons (Fsp3) is 0.375. The highest BCUT2D eigenvalue weighted by molar-refractivity contribution is 5.84. The minimum atomic E-state index is 0.359. The van der Waals surface area contributed by atoms with Gasteiger partial charge in [-0.05, 0) is 6.08 Å². The first kappa shape index (κ1) is 5.86. The van der Waals surface area contributed by atoms with Crippen LogP contribution >= 0.6 is 0 Å². The SMILES string of the molecule is C[N+]12C=CC=C1CC(=O)C2. The maximum Gasteiger partial charge on any atom is 0.197 e. The molecule has 0 aliphatic carbocycles. The topological polar surface area (TPSA) is 17.1 Å². The summed E-state index contributed by atoms with van der Waals surface area (Å²) in [4.78, 5) is 11.0. The average molecular weight is 136 g/mol. The minimum Gasteiger partial charge on any atom is -0.293 e. The lowest BCUT2D eigenvalue weighted by molar-refractivity contribution is -0.802. The molecular formula is C8H10NO+. The smallest absolute Gasteiger partial charge is 0.197 e. The average Bonchev–Trinajstić information content (AvgIpc) is 2.20.